The van der Waals surface area contributed by atoms with Crippen LogP contribution in [0.25, 0.3) is 0 Å². The van der Waals surface area contributed by atoms with Crippen LogP contribution < -0.4 is 5.32 Å². The van der Waals surface area contributed by atoms with Gasteiger partial charge in [-0.2, -0.15) is 0 Å². The number of hydrogen-bond donors (Lipinski definition) is 1. The molecule has 0 atom stereocenters. The smallest absolute Gasteiger partial charge is 0.222 e. The van der Waals surface area contributed by atoms with E-state index in [0.717, 1.165) is 12.8 Å². The zero-order valence-electron chi connectivity index (χ0n) is 6.32. The Labute approximate surface area is 60.8 Å². The molecule has 0 rings (SSSR count). The lowest BCUT2D eigenvalue weighted by Gasteiger charge is -2.00. The molecule has 2 nitrogen and oxygen atoms in total. The SMILES string of the molecule is CCCCNC(=O)CCF. The van der Waals surface area contributed by atoms with Gasteiger partial charge >= 0.3 is 0 Å². The van der Waals surface area contributed by atoms with E-state index < -0.39 is 6.67 Å². The molecular formula is C7H14FNO. The van der Waals surface area contributed by atoms with Crippen LogP contribution in [-0.4, -0.2) is 19.1 Å². The summed E-state index contributed by atoms with van der Waals surface area (Å²) in [4.78, 5) is 10.6. The van der Waals surface area contributed by atoms with Gasteiger partial charge in [-0.1, -0.05) is 13.3 Å². The van der Waals surface area contributed by atoms with Crippen molar-refractivity contribution in [2.75, 3.05) is 13.2 Å². The highest BCUT2D eigenvalue weighted by Gasteiger charge is 1.96. The molecule has 0 aliphatic heterocycles. The van der Waals surface area contributed by atoms with Crippen molar-refractivity contribution < 1.29 is 9.18 Å². The van der Waals surface area contributed by atoms with E-state index in [2.05, 4.69) is 5.32 Å². The molecule has 60 valence electrons. The van der Waals surface area contributed by atoms with Gasteiger partial charge in [0.1, 0.15) is 0 Å². The molecule has 10 heavy (non-hydrogen) atoms. The molecule has 0 saturated carbocycles. The zero-order chi connectivity index (χ0) is 7.82. The van der Waals surface area contributed by atoms with Crippen LogP contribution >= 0.6 is 0 Å². The molecule has 0 bridgehead atoms. The van der Waals surface area contributed by atoms with Gasteiger partial charge in [-0.15, -0.1) is 0 Å². The molecule has 0 fully saturated rings. The van der Waals surface area contributed by atoms with Crippen molar-refractivity contribution >= 4 is 5.91 Å². The first-order valence-electron chi connectivity index (χ1n) is 3.64. The molecule has 0 aliphatic carbocycles. The van der Waals surface area contributed by atoms with Gasteiger partial charge in [0.05, 0.1) is 13.1 Å². The molecule has 1 N–H and O–H groups in total. The Morgan fingerprint density at radius 2 is 2.30 bits per heavy atom. The highest BCUT2D eigenvalue weighted by molar-refractivity contribution is 5.75. The number of halogens is 1. The molecule has 0 radical (unpaired) electrons. The summed E-state index contributed by atoms with van der Waals surface area (Å²) in [5, 5.41) is 2.61. The second-order valence-corrected chi connectivity index (χ2v) is 2.14. The maximum Gasteiger partial charge on any atom is 0.222 e. The fourth-order valence-electron chi connectivity index (χ4n) is 0.579. The average Bonchev–Trinajstić information content (AvgIpc) is 1.89. The van der Waals surface area contributed by atoms with Crippen molar-refractivity contribution in [3.8, 4) is 0 Å². The van der Waals surface area contributed by atoms with Crippen molar-refractivity contribution in [3.63, 3.8) is 0 Å². The molecule has 0 heterocycles. The number of unbranched alkanes of at least 4 members (excludes halogenated alkanes) is 1. The molecule has 0 aromatic heterocycles. The van der Waals surface area contributed by atoms with Gasteiger partial charge in [0.2, 0.25) is 5.91 Å². The Morgan fingerprint density at radius 3 is 2.80 bits per heavy atom. The third kappa shape index (κ3) is 5.54. The minimum atomic E-state index is -0.558. The third-order valence-corrected chi connectivity index (χ3v) is 1.17. The van der Waals surface area contributed by atoms with Gasteiger partial charge in [-0.3, -0.25) is 9.18 Å². The fourth-order valence-corrected chi connectivity index (χ4v) is 0.579. The Balaban J connectivity index is 3.05. The number of alkyl halides is 1. The number of nitrogens with one attached hydrogen (secondary N) is 1. The quantitative estimate of drug-likeness (QED) is 0.583. The van der Waals surface area contributed by atoms with Crippen LogP contribution in [0.5, 0.6) is 0 Å². The summed E-state index contributed by atoms with van der Waals surface area (Å²) < 4.78 is 11.5. The predicted molar refractivity (Wildman–Crippen MR) is 38.5 cm³/mol. The summed E-state index contributed by atoms with van der Waals surface area (Å²) in [6, 6.07) is 0. The second kappa shape index (κ2) is 6.52. The predicted octanol–water partition coefficient (Wildman–Crippen LogP) is 1.26. The largest absolute Gasteiger partial charge is 0.356 e. The van der Waals surface area contributed by atoms with E-state index in [4.69, 9.17) is 0 Å². The van der Waals surface area contributed by atoms with Crippen LogP contribution in [0.1, 0.15) is 26.2 Å². The minimum Gasteiger partial charge on any atom is -0.356 e. The zero-order valence-corrected chi connectivity index (χ0v) is 6.32. The summed E-state index contributed by atoms with van der Waals surface area (Å²) >= 11 is 0. The Morgan fingerprint density at radius 1 is 1.60 bits per heavy atom. The van der Waals surface area contributed by atoms with Crippen LogP contribution in [0.4, 0.5) is 4.39 Å². The molecule has 0 unspecified atom stereocenters. The van der Waals surface area contributed by atoms with E-state index in [1.54, 1.807) is 0 Å². The van der Waals surface area contributed by atoms with Crippen LogP contribution in [0.15, 0.2) is 0 Å². The summed E-state index contributed by atoms with van der Waals surface area (Å²) in [7, 11) is 0. The lowest BCUT2D eigenvalue weighted by molar-refractivity contribution is -0.121. The molecule has 3 heteroatoms. The average molecular weight is 147 g/mol. The van der Waals surface area contributed by atoms with Crippen LogP contribution in [0.2, 0.25) is 0 Å². The van der Waals surface area contributed by atoms with Gasteiger partial charge in [-0.05, 0) is 6.42 Å². The second-order valence-electron chi connectivity index (χ2n) is 2.14. The Bertz CT molecular complexity index is 95.6. The number of rotatable bonds is 5. The van der Waals surface area contributed by atoms with Gasteiger partial charge in [0.25, 0.3) is 0 Å². The van der Waals surface area contributed by atoms with E-state index >= 15 is 0 Å². The Kier molecular flexibility index (Phi) is 6.13. The topological polar surface area (TPSA) is 29.1 Å². The third-order valence-electron chi connectivity index (χ3n) is 1.17. The standard InChI is InChI=1S/C7H14FNO/c1-2-3-6-9-7(10)4-5-8/h2-6H2,1H3,(H,9,10). The van der Waals surface area contributed by atoms with Gasteiger partial charge < -0.3 is 5.32 Å². The summed E-state index contributed by atoms with van der Waals surface area (Å²) in [5.41, 5.74) is 0. The molecule has 0 aliphatic rings. The van der Waals surface area contributed by atoms with E-state index in [9.17, 15) is 9.18 Å². The lowest BCUT2D eigenvalue weighted by atomic mass is 10.3. The summed E-state index contributed by atoms with van der Waals surface area (Å²) in [5.74, 6) is -0.184. The molecule has 0 aromatic carbocycles. The highest BCUT2D eigenvalue weighted by Crippen LogP contribution is 1.84. The number of carbonyl (C=O) groups is 1. The lowest BCUT2D eigenvalue weighted by Crippen LogP contribution is -2.24. The number of hydrogen-bond acceptors (Lipinski definition) is 1. The first kappa shape index (κ1) is 9.40. The van der Waals surface area contributed by atoms with E-state index in [1.165, 1.54) is 0 Å². The highest BCUT2D eigenvalue weighted by atomic mass is 19.1. The first-order valence-corrected chi connectivity index (χ1v) is 3.64. The fraction of sp³-hybridized carbons (Fsp3) is 0.857. The molecule has 1 amide bonds. The first-order chi connectivity index (χ1) is 4.81. The van der Waals surface area contributed by atoms with Gasteiger partial charge in [-0.25, -0.2) is 0 Å². The van der Waals surface area contributed by atoms with Crippen molar-refractivity contribution in [1.29, 1.82) is 0 Å². The normalized spacial score (nSPS) is 9.40. The summed E-state index contributed by atoms with van der Waals surface area (Å²) in [6.45, 7) is 2.16. The summed E-state index contributed by atoms with van der Waals surface area (Å²) in [6.07, 6.45) is 2.03. The monoisotopic (exact) mass is 147 g/mol. The van der Waals surface area contributed by atoms with Crippen molar-refractivity contribution in [1.82, 2.24) is 5.32 Å². The van der Waals surface area contributed by atoms with E-state index in [-0.39, 0.29) is 12.3 Å². The van der Waals surface area contributed by atoms with Gasteiger partial charge in [0, 0.05) is 6.54 Å². The Hall–Kier alpha value is -0.600. The molecular weight excluding hydrogens is 133 g/mol. The molecule has 0 spiro atoms. The molecule has 0 aromatic rings. The minimum absolute atomic E-state index is 0.00368. The number of amides is 1. The van der Waals surface area contributed by atoms with E-state index in [1.807, 2.05) is 6.92 Å². The number of carbonyl (C=O) groups excluding carboxylic acids is 1. The molecule has 0 saturated heterocycles. The van der Waals surface area contributed by atoms with Crippen molar-refractivity contribution in [2.45, 2.75) is 26.2 Å². The van der Waals surface area contributed by atoms with E-state index in [0.29, 0.717) is 6.54 Å². The van der Waals surface area contributed by atoms with Gasteiger partial charge in [0.15, 0.2) is 0 Å². The maximum absolute atomic E-state index is 11.5. The van der Waals surface area contributed by atoms with Crippen LogP contribution in [-0.2, 0) is 4.79 Å². The maximum atomic E-state index is 11.5. The van der Waals surface area contributed by atoms with Crippen LogP contribution in [0, 0.1) is 0 Å². The van der Waals surface area contributed by atoms with Crippen molar-refractivity contribution in [3.05, 3.63) is 0 Å². The van der Waals surface area contributed by atoms with Crippen LogP contribution in [0.3, 0.4) is 0 Å². The van der Waals surface area contributed by atoms with Crippen molar-refractivity contribution in [2.24, 2.45) is 0 Å².